The Bertz CT molecular complexity index is 1030. The van der Waals surface area contributed by atoms with Crippen LogP contribution in [0.25, 0.3) is 11.1 Å². The zero-order chi connectivity index (χ0) is 25.8. The molecule has 0 bridgehead atoms. The summed E-state index contributed by atoms with van der Waals surface area (Å²) >= 11 is 13.2. The lowest BCUT2D eigenvalue weighted by molar-refractivity contribution is -0.192. The van der Waals surface area contributed by atoms with Crippen LogP contribution in [0.1, 0.15) is 30.4 Å². The third kappa shape index (κ3) is 7.12. The summed E-state index contributed by atoms with van der Waals surface area (Å²) in [6.07, 6.45) is -1.49. The van der Waals surface area contributed by atoms with Crippen LogP contribution in [0.15, 0.2) is 36.4 Å². The van der Waals surface area contributed by atoms with Gasteiger partial charge in [0.05, 0.1) is 0 Å². The number of alkyl halides is 3. The molecule has 190 valence electrons. The van der Waals surface area contributed by atoms with Crippen LogP contribution in [-0.4, -0.2) is 53.7 Å². The van der Waals surface area contributed by atoms with E-state index >= 15 is 0 Å². The van der Waals surface area contributed by atoms with Crippen LogP contribution in [0.2, 0.25) is 10.0 Å². The van der Waals surface area contributed by atoms with Gasteiger partial charge in [-0.1, -0.05) is 53.0 Å². The zero-order valence-corrected chi connectivity index (χ0v) is 20.7. The quantitative estimate of drug-likeness (QED) is 0.528. The van der Waals surface area contributed by atoms with E-state index in [-0.39, 0.29) is 11.8 Å². The number of hydrogen-bond acceptors (Lipinski definition) is 3. The van der Waals surface area contributed by atoms with Gasteiger partial charge in [0.1, 0.15) is 0 Å². The fourth-order valence-corrected chi connectivity index (χ4v) is 5.03. The van der Waals surface area contributed by atoms with Crippen molar-refractivity contribution in [3.05, 3.63) is 57.6 Å². The van der Waals surface area contributed by atoms with Crippen LogP contribution in [0.5, 0.6) is 0 Å². The molecule has 35 heavy (non-hydrogen) atoms. The minimum absolute atomic E-state index is 0.0184. The number of carboxylic acid groups (broad SMARTS) is 1. The van der Waals surface area contributed by atoms with Gasteiger partial charge in [-0.05, 0) is 74.5 Å². The first-order chi connectivity index (χ1) is 16.5. The van der Waals surface area contributed by atoms with Crippen LogP contribution >= 0.6 is 23.2 Å². The van der Waals surface area contributed by atoms with Crippen LogP contribution in [0.3, 0.4) is 0 Å². The van der Waals surface area contributed by atoms with Crippen LogP contribution in [-0.2, 0) is 16.0 Å². The van der Waals surface area contributed by atoms with Gasteiger partial charge >= 0.3 is 12.1 Å². The minimum Gasteiger partial charge on any atom is -0.475 e. The standard InChI is InChI=1S/C23H26Cl2N2O.C2HF3O2/c1-15-2-4-16(5-3-15)18-13-21(24)20(22(25)14-18)12-17-8-11-27(23(17)28)19-6-9-26-10-7-19;3-2(4,5)1(6)7/h2-5,13-14,17,19,26H,6-12H2,1H3;(H,6,7). The Kier molecular flexibility index (Phi) is 9.07. The zero-order valence-electron chi connectivity index (χ0n) is 19.2. The van der Waals surface area contributed by atoms with Crippen LogP contribution in [0, 0.1) is 12.8 Å². The first-order valence-electron chi connectivity index (χ1n) is 11.3. The number of carbonyl (C=O) groups excluding carboxylic acids is 1. The van der Waals surface area contributed by atoms with Gasteiger partial charge in [0.15, 0.2) is 0 Å². The molecule has 2 N–H and O–H groups in total. The molecule has 2 aromatic rings. The lowest BCUT2D eigenvalue weighted by Gasteiger charge is -2.31. The van der Waals surface area contributed by atoms with Crippen molar-refractivity contribution in [1.29, 1.82) is 0 Å². The van der Waals surface area contributed by atoms with Crippen molar-refractivity contribution in [3.8, 4) is 11.1 Å². The van der Waals surface area contributed by atoms with Gasteiger partial charge in [0.2, 0.25) is 5.91 Å². The van der Waals surface area contributed by atoms with Gasteiger partial charge < -0.3 is 15.3 Å². The monoisotopic (exact) mass is 530 g/mol. The predicted octanol–water partition coefficient (Wildman–Crippen LogP) is 5.75. The second kappa shape index (κ2) is 11.6. The first-order valence-corrected chi connectivity index (χ1v) is 12.1. The number of carbonyl (C=O) groups is 2. The molecular weight excluding hydrogens is 504 g/mol. The van der Waals surface area contributed by atoms with Crippen LogP contribution in [0.4, 0.5) is 13.2 Å². The van der Waals surface area contributed by atoms with Crippen LogP contribution < -0.4 is 5.32 Å². The summed E-state index contributed by atoms with van der Waals surface area (Å²) in [4.78, 5) is 24.0. The van der Waals surface area contributed by atoms with Gasteiger partial charge in [-0.25, -0.2) is 4.79 Å². The smallest absolute Gasteiger partial charge is 0.475 e. The molecule has 0 aliphatic carbocycles. The maximum absolute atomic E-state index is 13.0. The van der Waals surface area contributed by atoms with Gasteiger partial charge in [-0.15, -0.1) is 0 Å². The molecule has 0 saturated carbocycles. The number of nitrogens with one attached hydrogen (secondary N) is 1. The number of rotatable bonds is 4. The molecule has 0 aromatic heterocycles. The number of aryl methyl sites for hydroxylation is 1. The molecule has 5 nitrogen and oxygen atoms in total. The van der Waals surface area contributed by atoms with Crippen molar-refractivity contribution >= 4 is 35.1 Å². The van der Waals surface area contributed by atoms with Gasteiger partial charge in [0.25, 0.3) is 0 Å². The number of benzene rings is 2. The molecule has 2 fully saturated rings. The predicted molar refractivity (Wildman–Crippen MR) is 130 cm³/mol. The lowest BCUT2D eigenvalue weighted by atomic mass is 9.95. The number of hydrogen-bond donors (Lipinski definition) is 2. The summed E-state index contributed by atoms with van der Waals surface area (Å²) in [5, 5.41) is 11.8. The number of aliphatic carboxylic acids is 1. The van der Waals surface area contributed by atoms with E-state index in [4.69, 9.17) is 33.1 Å². The van der Waals surface area contributed by atoms with Crippen molar-refractivity contribution in [2.45, 2.75) is 44.8 Å². The van der Waals surface area contributed by atoms with E-state index in [9.17, 15) is 18.0 Å². The maximum atomic E-state index is 13.0. The SMILES string of the molecule is Cc1ccc(-c2cc(Cl)c(CC3CCN(C4CCNCC4)C3=O)c(Cl)c2)cc1.O=C(O)C(F)(F)F. The number of halogens is 5. The van der Waals surface area contributed by atoms with E-state index in [2.05, 4.69) is 41.4 Å². The third-order valence-electron chi connectivity index (χ3n) is 6.32. The molecule has 4 rings (SSSR count). The van der Waals surface area contributed by atoms with E-state index in [1.807, 2.05) is 12.1 Å². The third-order valence-corrected chi connectivity index (χ3v) is 6.99. The van der Waals surface area contributed by atoms with Crippen molar-refractivity contribution in [3.63, 3.8) is 0 Å². The summed E-state index contributed by atoms with van der Waals surface area (Å²) in [5.41, 5.74) is 4.21. The van der Waals surface area contributed by atoms with Gasteiger partial charge in [-0.3, -0.25) is 4.79 Å². The van der Waals surface area contributed by atoms with Crippen molar-refractivity contribution in [1.82, 2.24) is 10.2 Å². The van der Waals surface area contributed by atoms with E-state index in [1.54, 1.807) is 0 Å². The maximum Gasteiger partial charge on any atom is 0.490 e. The molecule has 0 radical (unpaired) electrons. The molecule has 1 atom stereocenters. The number of piperidine rings is 1. The summed E-state index contributed by atoms with van der Waals surface area (Å²) < 4.78 is 31.7. The molecule has 1 amide bonds. The Morgan fingerprint density at radius 2 is 1.60 bits per heavy atom. The summed E-state index contributed by atoms with van der Waals surface area (Å²) in [7, 11) is 0. The highest BCUT2D eigenvalue weighted by Crippen LogP contribution is 2.36. The number of nitrogens with zero attached hydrogens (tertiary/aromatic N) is 1. The van der Waals surface area contributed by atoms with E-state index in [1.165, 1.54) is 5.56 Å². The Balaban J connectivity index is 0.000000429. The second-order valence-corrected chi connectivity index (χ2v) is 9.60. The number of amides is 1. The highest BCUT2D eigenvalue weighted by atomic mass is 35.5. The van der Waals surface area contributed by atoms with Crippen molar-refractivity contribution in [2.24, 2.45) is 5.92 Å². The highest BCUT2D eigenvalue weighted by Gasteiger charge is 2.38. The number of carboxylic acids is 1. The molecule has 2 heterocycles. The molecule has 2 saturated heterocycles. The lowest BCUT2D eigenvalue weighted by Crippen LogP contribution is -2.44. The molecule has 2 aliphatic heterocycles. The molecule has 2 aromatic carbocycles. The molecular formula is C25H27Cl2F3N2O3. The van der Waals surface area contributed by atoms with E-state index in [0.29, 0.717) is 22.5 Å². The Hall–Kier alpha value is -2.29. The van der Waals surface area contributed by atoms with Gasteiger partial charge in [0, 0.05) is 28.5 Å². The highest BCUT2D eigenvalue weighted by molar-refractivity contribution is 6.36. The molecule has 0 spiro atoms. The largest absolute Gasteiger partial charge is 0.490 e. The Morgan fingerprint density at radius 1 is 1.06 bits per heavy atom. The summed E-state index contributed by atoms with van der Waals surface area (Å²) in [6.45, 7) is 4.91. The molecule has 10 heteroatoms. The molecule has 1 unspecified atom stereocenters. The summed E-state index contributed by atoms with van der Waals surface area (Å²) in [6, 6.07) is 12.6. The normalized spacial score (nSPS) is 18.9. The minimum atomic E-state index is -5.08. The van der Waals surface area contributed by atoms with E-state index in [0.717, 1.165) is 55.6 Å². The first kappa shape index (κ1) is 27.3. The Morgan fingerprint density at radius 3 is 2.11 bits per heavy atom. The van der Waals surface area contributed by atoms with Gasteiger partial charge in [-0.2, -0.15) is 13.2 Å². The Labute approximate surface area is 212 Å². The number of likely N-dealkylation sites (tertiary alicyclic amines) is 1. The fourth-order valence-electron chi connectivity index (χ4n) is 4.39. The second-order valence-electron chi connectivity index (χ2n) is 8.79. The molecule has 2 aliphatic rings. The average molecular weight is 531 g/mol. The average Bonchev–Trinajstić information content (AvgIpc) is 3.17. The van der Waals surface area contributed by atoms with Crippen molar-refractivity contribution < 1.29 is 27.9 Å². The summed E-state index contributed by atoms with van der Waals surface area (Å²) in [5.74, 6) is -2.51. The fraction of sp³-hybridized carbons (Fsp3) is 0.440. The van der Waals surface area contributed by atoms with Crippen molar-refractivity contribution in [2.75, 3.05) is 19.6 Å². The van der Waals surface area contributed by atoms with E-state index < -0.39 is 12.1 Å². The topological polar surface area (TPSA) is 69.6 Å².